The SMILES string of the molecule is CC(C)c1ccc(Cc2cnc(NC(=O)c3cc(-c4ccc(-c5ccccc5Cl)o4)nc4ccccc34)s2)cc1. The minimum atomic E-state index is -0.250. The maximum Gasteiger partial charge on any atom is 0.258 e. The highest BCUT2D eigenvalue weighted by atomic mass is 35.5. The number of para-hydroxylation sites is 1. The second-order valence-electron chi connectivity index (χ2n) is 9.87. The number of nitrogens with zero attached hydrogens (tertiary/aromatic N) is 2. The van der Waals surface area contributed by atoms with Gasteiger partial charge in [0.25, 0.3) is 5.91 Å². The smallest absolute Gasteiger partial charge is 0.258 e. The topological polar surface area (TPSA) is 68.0 Å². The van der Waals surface area contributed by atoms with Crippen molar-refractivity contribution < 1.29 is 9.21 Å². The van der Waals surface area contributed by atoms with E-state index in [1.54, 1.807) is 6.07 Å². The van der Waals surface area contributed by atoms with E-state index >= 15 is 0 Å². The highest BCUT2D eigenvalue weighted by Crippen LogP contribution is 2.33. The van der Waals surface area contributed by atoms with Crippen molar-refractivity contribution in [2.24, 2.45) is 0 Å². The van der Waals surface area contributed by atoms with Crippen molar-refractivity contribution in [3.63, 3.8) is 0 Å². The van der Waals surface area contributed by atoms with Crippen molar-refractivity contribution in [1.29, 1.82) is 0 Å². The molecule has 198 valence electrons. The van der Waals surface area contributed by atoms with Gasteiger partial charge in [0.15, 0.2) is 10.9 Å². The van der Waals surface area contributed by atoms with E-state index in [4.69, 9.17) is 21.0 Å². The highest BCUT2D eigenvalue weighted by molar-refractivity contribution is 7.15. The summed E-state index contributed by atoms with van der Waals surface area (Å²) in [5, 5.41) is 4.90. The van der Waals surface area contributed by atoms with E-state index < -0.39 is 0 Å². The lowest BCUT2D eigenvalue weighted by atomic mass is 10.0. The average molecular weight is 564 g/mol. The van der Waals surface area contributed by atoms with Crippen LogP contribution in [0.25, 0.3) is 33.7 Å². The van der Waals surface area contributed by atoms with E-state index in [9.17, 15) is 4.79 Å². The van der Waals surface area contributed by atoms with Crippen LogP contribution in [0.1, 0.15) is 46.1 Å². The molecule has 0 saturated carbocycles. The van der Waals surface area contributed by atoms with Crippen LogP contribution in [0, 0.1) is 0 Å². The van der Waals surface area contributed by atoms with Gasteiger partial charge in [0.2, 0.25) is 0 Å². The summed E-state index contributed by atoms with van der Waals surface area (Å²) in [4.78, 5) is 23.9. The number of pyridine rings is 1. The van der Waals surface area contributed by atoms with Gasteiger partial charge >= 0.3 is 0 Å². The molecule has 0 fully saturated rings. The Morgan fingerprint density at radius 3 is 2.50 bits per heavy atom. The molecule has 0 aliphatic rings. The quantitative estimate of drug-likeness (QED) is 0.210. The number of fused-ring (bicyclic) bond motifs is 1. The molecule has 0 radical (unpaired) electrons. The largest absolute Gasteiger partial charge is 0.454 e. The number of amides is 1. The monoisotopic (exact) mass is 563 g/mol. The van der Waals surface area contributed by atoms with Crippen molar-refractivity contribution in [3.05, 3.63) is 124 Å². The number of halogens is 1. The summed E-state index contributed by atoms with van der Waals surface area (Å²) >= 11 is 7.85. The predicted molar refractivity (Wildman–Crippen MR) is 163 cm³/mol. The summed E-state index contributed by atoms with van der Waals surface area (Å²) in [6, 6.07) is 29.2. The molecule has 3 aromatic heterocycles. The van der Waals surface area contributed by atoms with Gasteiger partial charge in [-0.1, -0.05) is 80.0 Å². The third kappa shape index (κ3) is 5.41. The molecule has 3 aromatic carbocycles. The summed E-state index contributed by atoms with van der Waals surface area (Å²) in [6.45, 7) is 4.38. The van der Waals surface area contributed by atoms with Crippen LogP contribution in [0.4, 0.5) is 5.13 Å². The molecular weight excluding hydrogens is 538 g/mol. The normalized spacial score (nSPS) is 11.3. The minimum absolute atomic E-state index is 0.250. The molecule has 0 bridgehead atoms. The molecule has 0 aliphatic carbocycles. The molecule has 0 spiro atoms. The van der Waals surface area contributed by atoms with Crippen LogP contribution >= 0.6 is 22.9 Å². The summed E-state index contributed by atoms with van der Waals surface area (Å²) in [6.07, 6.45) is 2.59. The van der Waals surface area contributed by atoms with Crippen molar-refractivity contribution in [3.8, 4) is 22.8 Å². The average Bonchev–Trinajstić information content (AvgIpc) is 3.63. The Labute approximate surface area is 241 Å². The Morgan fingerprint density at radius 2 is 1.70 bits per heavy atom. The fourth-order valence-electron chi connectivity index (χ4n) is 4.60. The molecule has 0 saturated heterocycles. The maximum atomic E-state index is 13.5. The Balaban J connectivity index is 1.26. The fraction of sp³-hybridized carbons (Fsp3) is 0.121. The Hall–Kier alpha value is -4.26. The molecule has 40 heavy (non-hydrogen) atoms. The van der Waals surface area contributed by atoms with Crippen LogP contribution in [0.2, 0.25) is 5.02 Å². The molecule has 1 amide bonds. The molecule has 1 N–H and O–H groups in total. The highest BCUT2D eigenvalue weighted by Gasteiger charge is 2.18. The Kier molecular flexibility index (Phi) is 7.20. The second kappa shape index (κ2) is 11.1. The van der Waals surface area contributed by atoms with E-state index in [1.807, 2.05) is 66.9 Å². The number of thiazole rings is 1. The molecule has 0 aliphatic heterocycles. The first-order chi connectivity index (χ1) is 19.4. The van der Waals surface area contributed by atoms with Crippen molar-refractivity contribution in [2.75, 3.05) is 5.32 Å². The third-order valence-corrected chi connectivity index (χ3v) is 8.00. The van der Waals surface area contributed by atoms with Crippen LogP contribution in [0.15, 0.2) is 102 Å². The maximum absolute atomic E-state index is 13.5. The number of nitrogens with one attached hydrogen (secondary N) is 1. The fourth-order valence-corrected chi connectivity index (χ4v) is 5.67. The predicted octanol–water partition coefficient (Wildman–Crippen LogP) is 9.24. The number of aromatic nitrogens is 2. The molecule has 7 heteroatoms. The number of benzene rings is 3. The summed E-state index contributed by atoms with van der Waals surface area (Å²) in [7, 11) is 0. The first-order valence-corrected chi connectivity index (χ1v) is 14.2. The van der Waals surface area contributed by atoms with Gasteiger partial charge in [0.05, 0.1) is 16.1 Å². The summed E-state index contributed by atoms with van der Waals surface area (Å²) in [5.74, 6) is 1.44. The lowest BCUT2D eigenvalue weighted by molar-refractivity contribution is 0.102. The molecular formula is C33H26ClN3O2S. The molecule has 0 unspecified atom stereocenters. The van der Waals surface area contributed by atoms with E-state index in [0.717, 1.165) is 22.2 Å². The lowest BCUT2D eigenvalue weighted by Crippen LogP contribution is -2.12. The molecule has 6 aromatic rings. The Bertz CT molecular complexity index is 1820. The van der Waals surface area contributed by atoms with Gasteiger partial charge in [-0.05, 0) is 53.4 Å². The van der Waals surface area contributed by atoms with Crippen LogP contribution in [-0.2, 0) is 6.42 Å². The van der Waals surface area contributed by atoms with Crippen molar-refractivity contribution in [1.82, 2.24) is 9.97 Å². The second-order valence-corrected chi connectivity index (χ2v) is 11.4. The lowest BCUT2D eigenvalue weighted by Gasteiger charge is -2.08. The number of hydrogen-bond acceptors (Lipinski definition) is 5. The van der Waals surface area contributed by atoms with Gasteiger partial charge in [-0.25, -0.2) is 9.97 Å². The van der Waals surface area contributed by atoms with Gasteiger partial charge in [-0.3, -0.25) is 10.1 Å². The number of carbonyl (C=O) groups excluding carboxylic acids is 1. The third-order valence-electron chi connectivity index (χ3n) is 6.76. The summed E-state index contributed by atoms with van der Waals surface area (Å²) < 4.78 is 6.13. The van der Waals surface area contributed by atoms with Gasteiger partial charge in [-0.15, -0.1) is 11.3 Å². The van der Waals surface area contributed by atoms with E-state index in [1.165, 1.54) is 22.5 Å². The van der Waals surface area contributed by atoms with Crippen LogP contribution in [0.5, 0.6) is 0 Å². The minimum Gasteiger partial charge on any atom is -0.454 e. The van der Waals surface area contributed by atoms with Gasteiger partial charge in [0, 0.05) is 28.4 Å². The van der Waals surface area contributed by atoms with Gasteiger partial charge in [0.1, 0.15) is 11.5 Å². The number of furan rings is 1. The first kappa shape index (κ1) is 26.0. The Morgan fingerprint density at radius 1 is 0.950 bits per heavy atom. The summed E-state index contributed by atoms with van der Waals surface area (Å²) in [5.41, 5.74) is 5.09. The zero-order chi connectivity index (χ0) is 27.6. The van der Waals surface area contributed by atoms with E-state index in [0.29, 0.717) is 44.4 Å². The molecule has 6 rings (SSSR count). The molecule has 3 heterocycles. The van der Waals surface area contributed by atoms with Gasteiger partial charge in [-0.2, -0.15) is 0 Å². The van der Waals surface area contributed by atoms with Gasteiger partial charge < -0.3 is 4.42 Å². The van der Waals surface area contributed by atoms with Crippen molar-refractivity contribution in [2.45, 2.75) is 26.2 Å². The first-order valence-electron chi connectivity index (χ1n) is 13.0. The zero-order valence-corrected chi connectivity index (χ0v) is 23.6. The standard InChI is InChI=1S/C33H26ClN3O2S/c1-20(2)22-13-11-21(12-14-22)17-23-19-35-33(40-23)37-32(38)26-18-29(36-28-10-6-4-7-24(26)28)31-16-15-30(39-31)25-8-3-5-9-27(25)34/h3-16,18-20H,17H2,1-2H3,(H,35,37,38). The van der Waals surface area contributed by atoms with Crippen LogP contribution in [-0.4, -0.2) is 15.9 Å². The number of hydrogen-bond donors (Lipinski definition) is 1. The number of carbonyl (C=O) groups is 1. The molecule has 5 nitrogen and oxygen atoms in total. The van der Waals surface area contributed by atoms with Crippen LogP contribution in [0.3, 0.4) is 0 Å². The zero-order valence-electron chi connectivity index (χ0n) is 22.0. The molecule has 0 atom stereocenters. The van der Waals surface area contributed by atoms with Crippen molar-refractivity contribution >= 4 is 44.9 Å². The number of anilines is 1. The number of rotatable bonds is 7. The van der Waals surface area contributed by atoms with E-state index in [2.05, 4.69) is 48.4 Å². The van der Waals surface area contributed by atoms with Crippen LogP contribution < -0.4 is 5.32 Å². The van der Waals surface area contributed by atoms with E-state index in [-0.39, 0.29) is 5.91 Å².